The van der Waals surface area contributed by atoms with Crippen molar-refractivity contribution in [3.63, 3.8) is 0 Å². The predicted molar refractivity (Wildman–Crippen MR) is 61.6 cm³/mol. The van der Waals surface area contributed by atoms with Gasteiger partial charge in [-0.15, -0.1) is 0 Å². The lowest BCUT2D eigenvalue weighted by Crippen LogP contribution is -1.98. The number of pyridine rings is 1. The number of hydrogen-bond donors (Lipinski definition) is 2. The van der Waals surface area contributed by atoms with E-state index in [0.717, 1.165) is 29.4 Å². The van der Waals surface area contributed by atoms with Gasteiger partial charge in [-0.05, 0) is 19.1 Å². The first-order valence-corrected chi connectivity index (χ1v) is 5.89. The van der Waals surface area contributed by atoms with E-state index in [1.165, 1.54) is 0 Å². The highest BCUT2D eigenvalue weighted by Gasteiger charge is 1.96. The van der Waals surface area contributed by atoms with Gasteiger partial charge < -0.3 is 10.4 Å². The molecular weight excluding hydrogens is 196 g/mol. The lowest BCUT2D eigenvalue weighted by Gasteiger charge is -2.04. The van der Waals surface area contributed by atoms with Gasteiger partial charge in [0.05, 0.1) is 12.3 Å². The molecule has 0 saturated carbocycles. The fraction of sp³-hybridized carbons (Fsp3) is 0.500. The van der Waals surface area contributed by atoms with Crippen LogP contribution in [0, 0.1) is 0 Å². The number of aliphatic hydroxyl groups excluding tert-OH is 1. The summed E-state index contributed by atoms with van der Waals surface area (Å²) < 4.78 is 0. The molecule has 1 rings (SSSR count). The van der Waals surface area contributed by atoms with E-state index < -0.39 is 0 Å². The van der Waals surface area contributed by atoms with Crippen LogP contribution in [0.3, 0.4) is 0 Å². The molecule has 1 aromatic heterocycles. The predicted octanol–water partition coefficient (Wildman–Crippen LogP) is 1.74. The number of aliphatic hydroxyl groups is 1. The Balaban J connectivity index is 2.46. The molecule has 0 aliphatic heterocycles. The van der Waals surface area contributed by atoms with Crippen LogP contribution in [0.5, 0.6) is 0 Å². The highest BCUT2D eigenvalue weighted by molar-refractivity contribution is 7.98. The van der Waals surface area contributed by atoms with Gasteiger partial charge in [0, 0.05) is 29.9 Å². The number of thioether (sulfide) groups is 1. The Hall–Kier alpha value is -0.740. The van der Waals surface area contributed by atoms with Gasteiger partial charge in [-0.1, -0.05) is 0 Å². The second-order valence-corrected chi connectivity index (χ2v) is 3.95. The van der Waals surface area contributed by atoms with E-state index in [1.54, 1.807) is 11.8 Å². The maximum absolute atomic E-state index is 8.63. The zero-order valence-corrected chi connectivity index (χ0v) is 9.18. The van der Waals surface area contributed by atoms with Gasteiger partial charge in [0.2, 0.25) is 0 Å². The summed E-state index contributed by atoms with van der Waals surface area (Å²) in [6.07, 6.45) is 1.81. The van der Waals surface area contributed by atoms with Crippen LogP contribution in [-0.2, 0) is 5.75 Å². The third kappa shape index (κ3) is 3.98. The first-order valence-electron chi connectivity index (χ1n) is 4.74. The number of rotatable bonds is 6. The van der Waals surface area contributed by atoms with E-state index in [-0.39, 0.29) is 6.61 Å². The molecule has 0 atom stereocenters. The molecule has 0 spiro atoms. The molecule has 2 N–H and O–H groups in total. The first-order chi connectivity index (χ1) is 6.86. The monoisotopic (exact) mass is 212 g/mol. The zero-order valence-electron chi connectivity index (χ0n) is 8.36. The second-order valence-electron chi connectivity index (χ2n) is 2.84. The first kappa shape index (κ1) is 11.3. The Bertz CT molecular complexity index is 268. The molecule has 0 radical (unpaired) electrons. The van der Waals surface area contributed by atoms with Gasteiger partial charge in [-0.25, -0.2) is 0 Å². The van der Waals surface area contributed by atoms with E-state index in [9.17, 15) is 0 Å². The van der Waals surface area contributed by atoms with Gasteiger partial charge in [0.15, 0.2) is 0 Å². The van der Waals surface area contributed by atoms with Gasteiger partial charge >= 0.3 is 0 Å². The van der Waals surface area contributed by atoms with Gasteiger partial charge in [0.25, 0.3) is 0 Å². The number of nitrogens with zero attached hydrogens (tertiary/aromatic N) is 1. The van der Waals surface area contributed by atoms with E-state index in [0.29, 0.717) is 0 Å². The van der Waals surface area contributed by atoms with Crippen LogP contribution in [0.4, 0.5) is 5.69 Å². The topological polar surface area (TPSA) is 45.2 Å². The largest absolute Gasteiger partial charge is 0.396 e. The zero-order chi connectivity index (χ0) is 10.2. The molecule has 4 heteroatoms. The van der Waals surface area contributed by atoms with Gasteiger partial charge in [0.1, 0.15) is 0 Å². The molecule has 0 amide bonds. The van der Waals surface area contributed by atoms with Crippen molar-refractivity contribution in [1.29, 1.82) is 0 Å². The molecule has 1 heterocycles. The maximum atomic E-state index is 8.63. The third-order valence-electron chi connectivity index (χ3n) is 1.68. The Kier molecular flexibility index (Phi) is 5.40. The molecule has 1 aromatic rings. The minimum Gasteiger partial charge on any atom is -0.396 e. The summed E-state index contributed by atoms with van der Waals surface area (Å²) in [5.74, 6) is 1.63. The molecule has 0 saturated heterocycles. The number of aromatic nitrogens is 1. The summed E-state index contributed by atoms with van der Waals surface area (Å²) in [7, 11) is 0. The van der Waals surface area contributed by atoms with Crippen molar-refractivity contribution in [3.05, 3.63) is 24.0 Å². The second kappa shape index (κ2) is 6.68. The molecular formula is C10H16N2OS. The molecule has 0 fully saturated rings. The fourth-order valence-electron chi connectivity index (χ4n) is 1.11. The summed E-state index contributed by atoms with van der Waals surface area (Å²) in [6, 6.07) is 4.01. The molecule has 0 aromatic carbocycles. The minimum absolute atomic E-state index is 0.234. The van der Waals surface area contributed by atoms with Crippen LogP contribution in [0.15, 0.2) is 18.3 Å². The van der Waals surface area contributed by atoms with Crippen LogP contribution in [0.2, 0.25) is 0 Å². The smallest absolute Gasteiger partial charge is 0.0523 e. The number of anilines is 1. The van der Waals surface area contributed by atoms with E-state index in [2.05, 4.69) is 17.2 Å². The lowest BCUT2D eigenvalue weighted by atomic mass is 10.3. The number of hydrogen-bond acceptors (Lipinski definition) is 4. The van der Waals surface area contributed by atoms with Gasteiger partial charge in [-0.3, -0.25) is 4.98 Å². The molecule has 78 valence electrons. The van der Waals surface area contributed by atoms with Crippen LogP contribution in [0.1, 0.15) is 12.6 Å². The van der Waals surface area contributed by atoms with Crippen molar-refractivity contribution in [2.24, 2.45) is 0 Å². The molecule has 0 unspecified atom stereocenters. The molecule has 14 heavy (non-hydrogen) atoms. The van der Waals surface area contributed by atoms with Crippen molar-refractivity contribution in [2.75, 3.05) is 24.2 Å². The Labute approximate surface area is 88.9 Å². The fourth-order valence-corrected chi connectivity index (χ4v) is 1.75. The lowest BCUT2D eigenvalue weighted by molar-refractivity contribution is 0.322. The molecule has 0 aliphatic carbocycles. The Morgan fingerprint density at radius 2 is 2.43 bits per heavy atom. The quantitative estimate of drug-likeness (QED) is 0.705. The minimum atomic E-state index is 0.234. The molecule has 3 nitrogen and oxygen atoms in total. The average molecular weight is 212 g/mol. The van der Waals surface area contributed by atoms with E-state index in [1.807, 2.05) is 18.3 Å². The van der Waals surface area contributed by atoms with E-state index in [4.69, 9.17) is 5.11 Å². The van der Waals surface area contributed by atoms with Gasteiger partial charge in [-0.2, -0.15) is 11.8 Å². The van der Waals surface area contributed by atoms with E-state index >= 15 is 0 Å². The van der Waals surface area contributed by atoms with Crippen molar-refractivity contribution in [3.8, 4) is 0 Å². The Morgan fingerprint density at radius 1 is 1.57 bits per heavy atom. The van der Waals surface area contributed by atoms with Crippen LogP contribution in [-0.4, -0.2) is 29.0 Å². The molecule has 0 bridgehead atoms. The summed E-state index contributed by atoms with van der Waals surface area (Å²) in [6.45, 7) is 3.23. The summed E-state index contributed by atoms with van der Waals surface area (Å²) in [5.41, 5.74) is 2.17. The average Bonchev–Trinajstić information content (AvgIpc) is 2.19. The van der Waals surface area contributed by atoms with Crippen LogP contribution < -0.4 is 5.32 Å². The van der Waals surface area contributed by atoms with Crippen LogP contribution in [0.25, 0.3) is 0 Å². The Morgan fingerprint density at radius 3 is 3.14 bits per heavy atom. The third-order valence-corrected chi connectivity index (χ3v) is 2.65. The highest BCUT2D eigenvalue weighted by atomic mass is 32.2. The summed E-state index contributed by atoms with van der Waals surface area (Å²) >= 11 is 1.69. The van der Waals surface area contributed by atoms with Crippen molar-refractivity contribution in [2.45, 2.75) is 12.7 Å². The normalized spacial score (nSPS) is 10.1. The van der Waals surface area contributed by atoms with Crippen molar-refractivity contribution < 1.29 is 5.11 Å². The summed E-state index contributed by atoms with van der Waals surface area (Å²) in [5, 5.41) is 11.9. The van der Waals surface area contributed by atoms with Crippen LogP contribution >= 0.6 is 11.8 Å². The van der Waals surface area contributed by atoms with Crippen molar-refractivity contribution in [1.82, 2.24) is 4.98 Å². The van der Waals surface area contributed by atoms with Crippen molar-refractivity contribution >= 4 is 17.4 Å². The number of nitrogens with one attached hydrogen (secondary N) is 1. The summed E-state index contributed by atoms with van der Waals surface area (Å²) in [4.78, 5) is 4.25. The SMILES string of the molecule is CCNc1ccnc(CSCCO)c1. The molecule has 0 aliphatic rings. The highest BCUT2D eigenvalue weighted by Crippen LogP contribution is 2.13. The standard InChI is InChI=1S/C10H16N2OS/c1-2-11-9-3-4-12-10(7-9)8-14-6-5-13/h3-4,7,13H,2,5-6,8H2,1H3,(H,11,12). The maximum Gasteiger partial charge on any atom is 0.0523 e.